The maximum absolute atomic E-state index is 16.8. The van der Waals surface area contributed by atoms with Crippen molar-refractivity contribution in [1.82, 2.24) is 4.90 Å². The number of esters is 1. The maximum atomic E-state index is 16.8. The maximum Gasteiger partial charge on any atom is 0.471 e. The second-order valence-corrected chi connectivity index (χ2v) is 13.7. The van der Waals surface area contributed by atoms with Gasteiger partial charge in [0.15, 0.2) is 5.82 Å². The lowest BCUT2D eigenvalue weighted by molar-refractivity contribution is -0.171. The van der Waals surface area contributed by atoms with Crippen molar-refractivity contribution < 1.29 is 56.1 Å². The minimum atomic E-state index is -5.55. The van der Waals surface area contributed by atoms with Crippen LogP contribution in [0.4, 0.5) is 38.5 Å². The number of anilines is 2. The number of halogens is 4. The summed E-state index contributed by atoms with van der Waals surface area (Å²) in [5, 5.41) is 10.3. The van der Waals surface area contributed by atoms with Crippen molar-refractivity contribution in [1.29, 1.82) is 0 Å². The monoisotopic (exact) mass is 697 g/mol. The molecule has 0 saturated heterocycles. The molecule has 2 atom stereocenters. The molecule has 3 rings (SSSR count). The summed E-state index contributed by atoms with van der Waals surface area (Å²) in [4.78, 5) is 53.5. The van der Waals surface area contributed by atoms with Gasteiger partial charge < -0.3 is 24.2 Å². The van der Waals surface area contributed by atoms with E-state index in [-0.39, 0.29) is 29.3 Å². The molecule has 3 amide bonds. The smallest absolute Gasteiger partial charge is 0.471 e. The van der Waals surface area contributed by atoms with Crippen molar-refractivity contribution in [2.45, 2.75) is 104 Å². The van der Waals surface area contributed by atoms with Gasteiger partial charge in [0.1, 0.15) is 35.8 Å². The second-order valence-electron chi connectivity index (χ2n) is 13.7. The van der Waals surface area contributed by atoms with Gasteiger partial charge in [0.05, 0.1) is 11.7 Å². The third kappa shape index (κ3) is 9.98. The number of rotatable bonds is 10. The summed E-state index contributed by atoms with van der Waals surface area (Å²) in [6, 6.07) is 7.76. The fourth-order valence-electron chi connectivity index (χ4n) is 5.19. The highest BCUT2D eigenvalue weighted by molar-refractivity contribution is 6.03. The molecule has 1 heterocycles. The van der Waals surface area contributed by atoms with E-state index in [1.54, 1.807) is 65.0 Å². The number of benzene rings is 2. The highest BCUT2D eigenvalue weighted by Crippen LogP contribution is 2.45. The Bertz CT molecular complexity index is 1540. The molecule has 1 N–H and O–H groups in total. The molecule has 11 nitrogen and oxygen atoms in total. The summed E-state index contributed by atoms with van der Waals surface area (Å²) in [6.07, 6.45) is -7.76. The number of amides is 3. The molecule has 0 aliphatic carbocycles. The molecule has 0 radical (unpaired) electrons. The zero-order valence-electron chi connectivity index (χ0n) is 28.8. The summed E-state index contributed by atoms with van der Waals surface area (Å²) in [5.74, 6) is -5.85. The van der Waals surface area contributed by atoms with Crippen LogP contribution in [0.3, 0.4) is 0 Å². The number of hydrogen-bond acceptors (Lipinski definition) is 7. The lowest BCUT2D eigenvalue weighted by atomic mass is 10.1. The van der Waals surface area contributed by atoms with Crippen LogP contribution in [-0.2, 0) is 32.1 Å². The van der Waals surface area contributed by atoms with Gasteiger partial charge in [-0.1, -0.05) is 37.3 Å². The molecule has 1 aliphatic heterocycles. The summed E-state index contributed by atoms with van der Waals surface area (Å²) >= 11 is 0. The summed E-state index contributed by atoms with van der Waals surface area (Å²) in [6.45, 7) is 11.0. The fraction of sp³-hybridized carbons (Fsp3) is 0.529. The zero-order chi connectivity index (χ0) is 37.1. The van der Waals surface area contributed by atoms with E-state index in [1.165, 1.54) is 25.7 Å². The molecule has 2 aromatic carbocycles. The van der Waals surface area contributed by atoms with Gasteiger partial charge in [0.25, 0.3) is 0 Å². The van der Waals surface area contributed by atoms with E-state index in [9.17, 15) is 37.5 Å². The fourth-order valence-corrected chi connectivity index (χ4v) is 5.19. The van der Waals surface area contributed by atoms with Crippen LogP contribution in [0.5, 0.6) is 5.75 Å². The van der Waals surface area contributed by atoms with Crippen molar-refractivity contribution in [3.63, 3.8) is 0 Å². The Morgan fingerprint density at radius 3 is 2.10 bits per heavy atom. The SMILES string of the molecule is CCC(C)N(C[C@H]1Cc2c(cc(OCc3ccccc3)c(N(CC(=O)OC(C)(C)C)C(=O)C(F)(F)F)c2F)N1C(=O)O)C(=O)OC(C)(C)C. The first-order valence-corrected chi connectivity index (χ1v) is 15.7. The van der Waals surface area contributed by atoms with Crippen molar-refractivity contribution >= 4 is 35.4 Å². The number of ether oxygens (including phenoxy) is 3. The lowest BCUT2D eigenvalue weighted by Crippen LogP contribution is -2.50. The average Bonchev–Trinajstić information content (AvgIpc) is 3.34. The standard InChI is InChI=1S/C34H43F4N3O8/c1-9-20(2)39(31(46)49-33(6,7)8)17-22-15-23-24(41(22)30(44)45)16-25(47-19-21-13-11-10-12-14-21)28(27(23)35)40(29(43)34(36,37)38)18-26(42)48-32(3,4)5/h10-14,16,20,22H,9,15,17-19H2,1-8H3,(H,44,45)/t20?,22-/m1/s1. The van der Waals surface area contributed by atoms with Crippen molar-refractivity contribution in [2.75, 3.05) is 22.9 Å². The summed E-state index contributed by atoms with van der Waals surface area (Å²) in [5.41, 5.74) is -3.15. The van der Waals surface area contributed by atoms with Crippen molar-refractivity contribution in [3.8, 4) is 5.75 Å². The van der Waals surface area contributed by atoms with Gasteiger partial charge in [-0.3, -0.25) is 19.4 Å². The molecule has 0 aromatic heterocycles. The number of hydrogen-bond donors (Lipinski definition) is 1. The van der Waals surface area contributed by atoms with Crippen LogP contribution in [0.2, 0.25) is 0 Å². The van der Waals surface area contributed by atoms with Crippen LogP contribution in [0.25, 0.3) is 0 Å². The van der Waals surface area contributed by atoms with E-state index in [0.717, 1.165) is 11.0 Å². The van der Waals surface area contributed by atoms with Crippen LogP contribution < -0.4 is 14.5 Å². The highest BCUT2D eigenvalue weighted by Gasteiger charge is 2.48. The Morgan fingerprint density at radius 2 is 1.59 bits per heavy atom. The van der Waals surface area contributed by atoms with Crippen LogP contribution in [0.15, 0.2) is 36.4 Å². The van der Waals surface area contributed by atoms with E-state index < -0.39 is 83.7 Å². The van der Waals surface area contributed by atoms with Crippen LogP contribution in [0.1, 0.15) is 72.9 Å². The molecule has 0 bridgehead atoms. The quantitative estimate of drug-likeness (QED) is 0.206. The number of carbonyl (C=O) groups excluding carboxylic acids is 3. The van der Waals surface area contributed by atoms with E-state index in [4.69, 9.17) is 14.2 Å². The third-order valence-electron chi connectivity index (χ3n) is 7.41. The van der Waals surface area contributed by atoms with E-state index in [2.05, 4.69) is 0 Å². The van der Waals surface area contributed by atoms with Gasteiger partial charge in [0, 0.05) is 30.6 Å². The first-order valence-electron chi connectivity index (χ1n) is 15.7. The number of fused-ring (bicyclic) bond motifs is 1. The third-order valence-corrected chi connectivity index (χ3v) is 7.41. The largest absolute Gasteiger partial charge is 0.487 e. The van der Waals surface area contributed by atoms with Gasteiger partial charge in [-0.2, -0.15) is 13.2 Å². The van der Waals surface area contributed by atoms with Gasteiger partial charge in [0.2, 0.25) is 0 Å². The van der Waals surface area contributed by atoms with E-state index >= 15 is 4.39 Å². The normalized spacial score (nSPS) is 15.3. The van der Waals surface area contributed by atoms with Crippen LogP contribution in [-0.4, -0.2) is 76.6 Å². The molecule has 2 aromatic rings. The summed E-state index contributed by atoms with van der Waals surface area (Å²) < 4.78 is 75.2. The molecule has 1 unspecified atom stereocenters. The molecule has 0 saturated carbocycles. The molecular weight excluding hydrogens is 654 g/mol. The molecule has 49 heavy (non-hydrogen) atoms. The van der Waals surface area contributed by atoms with Gasteiger partial charge >= 0.3 is 30.2 Å². The summed E-state index contributed by atoms with van der Waals surface area (Å²) in [7, 11) is 0. The van der Waals surface area contributed by atoms with Crippen molar-refractivity contribution in [3.05, 3.63) is 53.3 Å². The molecule has 1 aliphatic rings. The Labute approximate surface area is 282 Å². The van der Waals surface area contributed by atoms with Crippen LogP contribution in [0, 0.1) is 5.82 Å². The first-order chi connectivity index (χ1) is 22.5. The average molecular weight is 698 g/mol. The van der Waals surface area contributed by atoms with Crippen LogP contribution >= 0.6 is 0 Å². The molecular formula is C34H43F4N3O8. The molecule has 0 spiro atoms. The van der Waals surface area contributed by atoms with Gasteiger partial charge in [-0.15, -0.1) is 0 Å². The molecule has 15 heteroatoms. The lowest BCUT2D eigenvalue weighted by Gasteiger charge is -2.35. The number of carboxylic acid groups (broad SMARTS) is 1. The highest BCUT2D eigenvalue weighted by atomic mass is 19.4. The Hall–Kier alpha value is -4.56. The first kappa shape index (κ1) is 38.9. The molecule has 270 valence electrons. The number of carbonyl (C=O) groups is 4. The number of nitrogens with zero attached hydrogens (tertiary/aromatic N) is 3. The second kappa shape index (κ2) is 14.9. The predicted molar refractivity (Wildman–Crippen MR) is 172 cm³/mol. The number of alkyl halides is 3. The predicted octanol–water partition coefficient (Wildman–Crippen LogP) is 7.09. The van der Waals surface area contributed by atoms with E-state index in [1.807, 2.05) is 0 Å². The van der Waals surface area contributed by atoms with E-state index in [0.29, 0.717) is 12.0 Å². The Morgan fingerprint density at radius 1 is 1.00 bits per heavy atom. The minimum Gasteiger partial charge on any atom is -0.487 e. The Kier molecular flexibility index (Phi) is 11.8. The molecule has 0 fully saturated rings. The van der Waals surface area contributed by atoms with Gasteiger partial charge in [-0.05, 0) is 60.5 Å². The van der Waals surface area contributed by atoms with Gasteiger partial charge in [-0.25, -0.2) is 14.0 Å². The Balaban J connectivity index is 2.21. The zero-order valence-corrected chi connectivity index (χ0v) is 28.8. The van der Waals surface area contributed by atoms with Crippen molar-refractivity contribution in [2.24, 2.45) is 0 Å². The minimum absolute atomic E-state index is 0.103. The topological polar surface area (TPSA) is 126 Å².